The van der Waals surface area contributed by atoms with Gasteiger partial charge in [0.25, 0.3) is 0 Å². The van der Waals surface area contributed by atoms with Gasteiger partial charge in [-0.2, -0.15) is 0 Å². The molecule has 23 heavy (non-hydrogen) atoms. The highest BCUT2D eigenvalue weighted by Gasteiger charge is 2.13. The van der Waals surface area contributed by atoms with E-state index >= 15 is 0 Å². The van der Waals surface area contributed by atoms with Crippen LogP contribution in [0.25, 0.3) is 21.6 Å². The van der Waals surface area contributed by atoms with Crippen LogP contribution in [0.5, 0.6) is 0 Å². The van der Waals surface area contributed by atoms with Crippen LogP contribution in [0.3, 0.4) is 0 Å². The van der Waals surface area contributed by atoms with Crippen molar-refractivity contribution in [3.63, 3.8) is 0 Å². The third-order valence-electron chi connectivity index (χ3n) is 3.43. The van der Waals surface area contributed by atoms with Gasteiger partial charge in [-0.1, -0.05) is 23.7 Å². The van der Waals surface area contributed by atoms with Gasteiger partial charge in [-0.05, 0) is 35.7 Å². The number of rotatable bonds is 4. The van der Waals surface area contributed by atoms with Gasteiger partial charge in [0, 0.05) is 5.39 Å². The number of hydrogen-bond acceptors (Lipinski definition) is 5. The number of fused-ring (bicyclic) bond motifs is 1. The van der Waals surface area contributed by atoms with E-state index in [0.29, 0.717) is 17.4 Å². The van der Waals surface area contributed by atoms with Crippen LogP contribution in [0.4, 0.5) is 5.82 Å². The van der Waals surface area contributed by atoms with Gasteiger partial charge in [0.05, 0.1) is 28.2 Å². The predicted octanol–water partition coefficient (Wildman–Crippen LogP) is 5.22. The summed E-state index contributed by atoms with van der Waals surface area (Å²) in [6, 6.07) is 13.6. The average molecular weight is 342 g/mol. The molecule has 0 aliphatic heterocycles. The van der Waals surface area contributed by atoms with Crippen LogP contribution in [0.15, 0.2) is 58.5 Å². The second-order valence-corrected chi connectivity index (χ2v) is 6.27. The third-order valence-corrected chi connectivity index (χ3v) is 4.77. The highest BCUT2D eigenvalue weighted by atomic mass is 35.5. The molecule has 0 unspecified atom stereocenters. The summed E-state index contributed by atoms with van der Waals surface area (Å²) in [5, 5.41) is 6.90. The summed E-state index contributed by atoms with van der Waals surface area (Å²) in [5.74, 6) is 2.25. The molecule has 0 spiro atoms. The molecule has 1 aromatic carbocycles. The van der Waals surface area contributed by atoms with Crippen LogP contribution < -0.4 is 5.32 Å². The van der Waals surface area contributed by atoms with Gasteiger partial charge >= 0.3 is 0 Å². The first kappa shape index (κ1) is 14.2. The monoisotopic (exact) mass is 341 g/mol. The van der Waals surface area contributed by atoms with Crippen molar-refractivity contribution >= 4 is 39.7 Å². The summed E-state index contributed by atoms with van der Waals surface area (Å²) in [6.07, 6.45) is 1.66. The average Bonchev–Trinajstić information content (AvgIpc) is 3.23. The maximum atomic E-state index is 6.23. The van der Waals surface area contributed by atoms with Crippen LogP contribution in [0.2, 0.25) is 5.02 Å². The Balaban J connectivity index is 1.79. The molecule has 0 radical (unpaired) electrons. The quantitative estimate of drug-likeness (QED) is 0.553. The lowest BCUT2D eigenvalue weighted by Gasteiger charge is -2.09. The molecule has 114 valence electrons. The lowest BCUT2D eigenvalue weighted by Crippen LogP contribution is -2.03. The van der Waals surface area contributed by atoms with E-state index in [-0.39, 0.29) is 0 Å². The molecular weight excluding hydrogens is 330 g/mol. The van der Waals surface area contributed by atoms with Crippen molar-refractivity contribution in [3.05, 3.63) is 64.9 Å². The van der Waals surface area contributed by atoms with Crippen molar-refractivity contribution in [3.8, 4) is 10.7 Å². The van der Waals surface area contributed by atoms with E-state index in [2.05, 4.69) is 15.3 Å². The Labute approximate surface area is 141 Å². The molecule has 1 N–H and O–H groups in total. The van der Waals surface area contributed by atoms with Crippen LogP contribution in [-0.4, -0.2) is 9.97 Å². The molecule has 4 rings (SSSR count). The van der Waals surface area contributed by atoms with E-state index in [4.69, 9.17) is 16.0 Å². The molecule has 0 aliphatic carbocycles. The van der Waals surface area contributed by atoms with E-state index < -0.39 is 0 Å². The van der Waals surface area contributed by atoms with Crippen LogP contribution in [0, 0.1) is 0 Å². The molecule has 0 fully saturated rings. The van der Waals surface area contributed by atoms with Crippen LogP contribution in [-0.2, 0) is 6.54 Å². The number of halogens is 1. The van der Waals surface area contributed by atoms with Crippen molar-refractivity contribution in [2.75, 3.05) is 5.32 Å². The summed E-state index contributed by atoms with van der Waals surface area (Å²) < 4.78 is 5.36. The minimum Gasteiger partial charge on any atom is -0.467 e. The molecule has 0 saturated carbocycles. The molecule has 0 amide bonds. The van der Waals surface area contributed by atoms with Gasteiger partial charge in [0.1, 0.15) is 11.6 Å². The Bertz CT molecular complexity index is 950. The van der Waals surface area contributed by atoms with Crippen molar-refractivity contribution in [2.24, 2.45) is 0 Å². The number of thiophene rings is 1. The first-order valence-corrected chi connectivity index (χ1v) is 8.33. The van der Waals surface area contributed by atoms with Crippen molar-refractivity contribution < 1.29 is 4.42 Å². The molecule has 0 atom stereocenters. The van der Waals surface area contributed by atoms with Gasteiger partial charge < -0.3 is 9.73 Å². The summed E-state index contributed by atoms with van der Waals surface area (Å²) >= 11 is 7.76. The first-order chi connectivity index (χ1) is 11.3. The fraction of sp³-hybridized carbons (Fsp3) is 0.0588. The SMILES string of the molecule is Clc1ccsc1-c1nc(NCc2ccco2)c2ccccc2n1. The third kappa shape index (κ3) is 2.81. The number of nitrogens with one attached hydrogen (secondary N) is 1. The Morgan fingerprint density at radius 2 is 2.00 bits per heavy atom. The molecule has 3 heterocycles. The maximum absolute atomic E-state index is 6.23. The maximum Gasteiger partial charge on any atom is 0.173 e. The second kappa shape index (κ2) is 6.02. The summed E-state index contributed by atoms with van der Waals surface area (Å²) in [4.78, 5) is 10.2. The largest absolute Gasteiger partial charge is 0.467 e. The van der Waals surface area contributed by atoms with Gasteiger partial charge in [-0.25, -0.2) is 9.97 Å². The number of aromatic nitrogens is 2. The van der Waals surface area contributed by atoms with Gasteiger partial charge in [-0.3, -0.25) is 0 Å². The predicted molar refractivity (Wildman–Crippen MR) is 93.9 cm³/mol. The van der Waals surface area contributed by atoms with Crippen molar-refractivity contribution in [1.82, 2.24) is 9.97 Å². The zero-order valence-corrected chi connectivity index (χ0v) is 13.6. The number of anilines is 1. The zero-order chi connectivity index (χ0) is 15.6. The molecule has 3 aromatic heterocycles. The smallest absolute Gasteiger partial charge is 0.173 e. The number of nitrogens with zero attached hydrogens (tertiary/aromatic N) is 2. The standard InChI is InChI=1S/C17H12ClN3OS/c18-13-7-9-23-15(13)17-20-14-6-2-1-5-12(14)16(21-17)19-10-11-4-3-8-22-11/h1-9H,10H2,(H,19,20,21). The minimum absolute atomic E-state index is 0.561. The summed E-state index contributed by atoms with van der Waals surface area (Å²) in [6.45, 7) is 0.561. The molecule has 4 aromatic rings. The van der Waals surface area contributed by atoms with E-state index in [9.17, 15) is 0 Å². The molecule has 0 aliphatic rings. The topological polar surface area (TPSA) is 51.0 Å². The van der Waals surface area contributed by atoms with E-state index in [1.54, 1.807) is 6.26 Å². The Morgan fingerprint density at radius 1 is 1.09 bits per heavy atom. The molecule has 0 saturated heterocycles. The fourth-order valence-electron chi connectivity index (χ4n) is 2.35. The van der Waals surface area contributed by atoms with Crippen LogP contribution >= 0.6 is 22.9 Å². The Kier molecular flexibility index (Phi) is 3.73. The number of benzene rings is 1. The highest BCUT2D eigenvalue weighted by molar-refractivity contribution is 7.14. The lowest BCUT2D eigenvalue weighted by atomic mass is 10.2. The summed E-state index contributed by atoms with van der Waals surface area (Å²) in [7, 11) is 0. The Morgan fingerprint density at radius 3 is 2.78 bits per heavy atom. The van der Waals surface area contributed by atoms with E-state index in [0.717, 1.165) is 27.4 Å². The minimum atomic E-state index is 0.561. The zero-order valence-electron chi connectivity index (χ0n) is 12.0. The van der Waals surface area contributed by atoms with E-state index in [1.807, 2.05) is 47.8 Å². The molecule has 6 heteroatoms. The van der Waals surface area contributed by atoms with E-state index in [1.165, 1.54) is 11.3 Å². The van der Waals surface area contributed by atoms with Gasteiger partial charge in [0.2, 0.25) is 0 Å². The molecular formula is C17H12ClN3OS. The number of para-hydroxylation sites is 1. The number of furan rings is 1. The highest BCUT2D eigenvalue weighted by Crippen LogP contribution is 2.33. The Hall–Kier alpha value is -2.37. The molecule has 4 nitrogen and oxygen atoms in total. The van der Waals surface area contributed by atoms with Gasteiger partial charge in [-0.15, -0.1) is 11.3 Å². The number of hydrogen-bond donors (Lipinski definition) is 1. The van der Waals surface area contributed by atoms with Gasteiger partial charge in [0.15, 0.2) is 5.82 Å². The van der Waals surface area contributed by atoms with Crippen LogP contribution in [0.1, 0.15) is 5.76 Å². The molecule has 0 bridgehead atoms. The van der Waals surface area contributed by atoms with Crippen molar-refractivity contribution in [1.29, 1.82) is 0 Å². The normalized spacial score (nSPS) is 11.0. The van der Waals surface area contributed by atoms with Crippen molar-refractivity contribution in [2.45, 2.75) is 6.54 Å². The first-order valence-electron chi connectivity index (χ1n) is 7.07. The summed E-state index contributed by atoms with van der Waals surface area (Å²) in [5.41, 5.74) is 0.879. The fourth-order valence-corrected chi connectivity index (χ4v) is 3.42. The second-order valence-electron chi connectivity index (χ2n) is 4.94. The lowest BCUT2D eigenvalue weighted by molar-refractivity contribution is 0.518.